The molecule has 0 N–H and O–H groups in total. The van der Waals surface area contributed by atoms with E-state index in [9.17, 15) is 4.79 Å². The molecule has 1 saturated carbocycles. The van der Waals surface area contributed by atoms with E-state index in [1.807, 2.05) is 12.1 Å². The molecular weight excluding hydrogens is 164 g/mol. The summed E-state index contributed by atoms with van der Waals surface area (Å²) in [5.41, 5.74) is 0. The Kier molecular flexibility index (Phi) is 2.21. The van der Waals surface area contributed by atoms with Crippen LogP contribution < -0.4 is 0 Å². The standard InChI is InChI=1S/C11H14O2/c1-8-4-5-9(12)7-10(8)11-3-2-6-13-11/h2-3,6,8,10H,4-5,7H2,1H3. The van der Waals surface area contributed by atoms with Crippen molar-refractivity contribution in [2.24, 2.45) is 5.92 Å². The van der Waals surface area contributed by atoms with Crippen molar-refractivity contribution in [1.82, 2.24) is 0 Å². The second-order valence-electron chi connectivity index (χ2n) is 3.88. The maximum atomic E-state index is 11.3. The van der Waals surface area contributed by atoms with Crippen molar-refractivity contribution in [2.75, 3.05) is 0 Å². The fourth-order valence-electron chi connectivity index (χ4n) is 2.02. The van der Waals surface area contributed by atoms with Gasteiger partial charge in [-0.05, 0) is 24.5 Å². The topological polar surface area (TPSA) is 30.2 Å². The summed E-state index contributed by atoms with van der Waals surface area (Å²) >= 11 is 0. The van der Waals surface area contributed by atoms with Crippen LogP contribution in [0.1, 0.15) is 37.9 Å². The van der Waals surface area contributed by atoms with Crippen molar-refractivity contribution < 1.29 is 9.21 Å². The molecule has 1 aromatic rings. The van der Waals surface area contributed by atoms with Gasteiger partial charge < -0.3 is 4.42 Å². The summed E-state index contributed by atoms with van der Waals surface area (Å²) in [7, 11) is 0. The van der Waals surface area contributed by atoms with Gasteiger partial charge >= 0.3 is 0 Å². The normalized spacial score (nSPS) is 29.2. The number of rotatable bonds is 1. The van der Waals surface area contributed by atoms with Gasteiger partial charge in [0.05, 0.1) is 6.26 Å². The molecule has 0 amide bonds. The molecule has 2 nitrogen and oxygen atoms in total. The molecule has 0 aromatic carbocycles. The van der Waals surface area contributed by atoms with Crippen LogP contribution in [0.5, 0.6) is 0 Å². The van der Waals surface area contributed by atoms with Gasteiger partial charge in [0, 0.05) is 18.8 Å². The first-order valence-corrected chi connectivity index (χ1v) is 4.82. The van der Waals surface area contributed by atoms with Gasteiger partial charge in [-0.3, -0.25) is 4.79 Å². The molecule has 2 unspecified atom stereocenters. The number of carbonyl (C=O) groups excluding carboxylic acids is 1. The molecular formula is C11H14O2. The Balaban J connectivity index is 2.17. The van der Waals surface area contributed by atoms with E-state index in [4.69, 9.17) is 4.42 Å². The molecule has 1 aliphatic carbocycles. The van der Waals surface area contributed by atoms with E-state index in [1.54, 1.807) is 6.26 Å². The molecule has 1 aromatic heterocycles. The van der Waals surface area contributed by atoms with Crippen molar-refractivity contribution in [3.8, 4) is 0 Å². The van der Waals surface area contributed by atoms with Gasteiger partial charge in [-0.15, -0.1) is 0 Å². The highest BCUT2D eigenvalue weighted by Crippen LogP contribution is 2.35. The summed E-state index contributed by atoms with van der Waals surface area (Å²) in [6.45, 7) is 2.19. The maximum Gasteiger partial charge on any atom is 0.133 e. The Bertz CT molecular complexity index is 287. The van der Waals surface area contributed by atoms with E-state index in [-0.39, 0.29) is 0 Å². The molecule has 2 rings (SSSR count). The van der Waals surface area contributed by atoms with Crippen molar-refractivity contribution >= 4 is 5.78 Å². The van der Waals surface area contributed by atoms with Crippen molar-refractivity contribution in [3.05, 3.63) is 24.2 Å². The number of ketones is 1. The van der Waals surface area contributed by atoms with E-state index in [1.165, 1.54) is 0 Å². The Labute approximate surface area is 77.9 Å². The molecule has 13 heavy (non-hydrogen) atoms. The van der Waals surface area contributed by atoms with Crippen molar-refractivity contribution in [1.29, 1.82) is 0 Å². The Morgan fingerprint density at radius 1 is 1.54 bits per heavy atom. The fourth-order valence-corrected chi connectivity index (χ4v) is 2.02. The first kappa shape index (κ1) is 8.54. The molecule has 0 aliphatic heterocycles. The van der Waals surface area contributed by atoms with Gasteiger partial charge in [0.25, 0.3) is 0 Å². The summed E-state index contributed by atoms with van der Waals surface area (Å²) < 4.78 is 5.34. The lowest BCUT2D eigenvalue weighted by Gasteiger charge is -2.25. The summed E-state index contributed by atoms with van der Waals surface area (Å²) in [5, 5.41) is 0. The van der Waals surface area contributed by atoms with Gasteiger partial charge in [0.15, 0.2) is 0 Å². The van der Waals surface area contributed by atoms with Gasteiger partial charge in [-0.25, -0.2) is 0 Å². The summed E-state index contributed by atoms with van der Waals surface area (Å²) in [5.74, 6) is 2.24. The third kappa shape index (κ3) is 1.67. The largest absolute Gasteiger partial charge is 0.469 e. The lowest BCUT2D eigenvalue weighted by molar-refractivity contribution is -0.121. The molecule has 0 saturated heterocycles. The van der Waals surface area contributed by atoms with E-state index < -0.39 is 0 Å². The van der Waals surface area contributed by atoms with Crippen LogP contribution in [-0.2, 0) is 4.79 Å². The molecule has 2 atom stereocenters. The van der Waals surface area contributed by atoms with Crippen molar-refractivity contribution in [2.45, 2.75) is 32.1 Å². The average molecular weight is 178 g/mol. The van der Waals surface area contributed by atoms with E-state index in [2.05, 4.69) is 6.92 Å². The number of hydrogen-bond acceptors (Lipinski definition) is 2. The van der Waals surface area contributed by atoms with Gasteiger partial charge in [0.2, 0.25) is 0 Å². The Morgan fingerprint density at radius 3 is 3.08 bits per heavy atom. The molecule has 0 radical (unpaired) electrons. The molecule has 1 aliphatic rings. The minimum absolute atomic E-state index is 0.316. The highest BCUT2D eigenvalue weighted by atomic mass is 16.3. The van der Waals surface area contributed by atoms with Crippen LogP contribution in [0.25, 0.3) is 0 Å². The summed E-state index contributed by atoms with van der Waals surface area (Å²) in [4.78, 5) is 11.3. The third-order valence-corrected chi connectivity index (χ3v) is 2.92. The zero-order chi connectivity index (χ0) is 9.26. The van der Waals surface area contributed by atoms with Crippen LogP contribution >= 0.6 is 0 Å². The lowest BCUT2D eigenvalue weighted by atomic mass is 9.78. The van der Waals surface area contributed by atoms with Crippen LogP contribution in [0.2, 0.25) is 0 Å². The quantitative estimate of drug-likeness (QED) is 0.661. The zero-order valence-corrected chi connectivity index (χ0v) is 7.82. The number of furan rings is 1. The van der Waals surface area contributed by atoms with E-state index in [0.29, 0.717) is 24.0 Å². The van der Waals surface area contributed by atoms with E-state index in [0.717, 1.165) is 18.6 Å². The molecule has 1 fully saturated rings. The monoisotopic (exact) mass is 178 g/mol. The molecule has 0 bridgehead atoms. The second-order valence-corrected chi connectivity index (χ2v) is 3.88. The number of carbonyl (C=O) groups is 1. The Morgan fingerprint density at radius 2 is 2.38 bits per heavy atom. The molecule has 2 heteroatoms. The minimum atomic E-state index is 0.316. The number of hydrogen-bond donors (Lipinski definition) is 0. The van der Waals surface area contributed by atoms with Gasteiger partial charge in [0.1, 0.15) is 11.5 Å². The van der Waals surface area contributed by atoms with Gasteiger partial charge in [-0.1, -0.05) is 6.92 Å². The second kappa shape index (κ2) is 3.36. The van der Waals surface area contributed by atoms with Crippen LogP contribution in [0.3, 0.4) is 0 Å². The summed E-state index contributed by atoms with van der Waals surface area (Å²) in [6.07, 6.45) is 4.10. The lowest BCUT2D eigenvalue weighted by Crippen LogP contribution is -2.20. The summed E-state index contributed by atoms with van der Waals surface area (Å²) in [6, 6.07) is 3.86. The SMILES string of the molecule is CC1CCC(=O)CC1c1ccco1. The Hall–Kier alpha value is -1.05. The molecule has 1 heterocycles. The first-order valence-electron chi connectivity index (χ1n) is 4.82. The van der Waals surface area contributed by atoms with Crippen molar-refractivity contribution in [3.63, 3.8) is 0 Å². The fraction of sp³-hybridized carbons (Fsp3) is 0.545. The maximum absolute atomic E-state index is 11.3. The minimum Gasteiger partial charge on any atom is -0.469 e. The third-order valence-electron chi connectivity index (χ3n) is 2.92. The average Bonchev–Trinajstić information content (AvgIpc) is 2.61. The van der Waals surface area contributed by atoms with Crippen LogP contribution in [-0.4, -0.2) is 5.78 Å². The van der Waals surface area contributed by atoms with Crippen LogP contribution in [0.15, 0.2) is 22.8 Å². The molecule has 0 spiro atoms. The first-order chi connectivity index (χ1) is 6.27. The molecule has 70 valence electrons. The predicted octanol–water partition coefficient (Wildman–Crippen LogP) is 2.75. The van der Waals surface area contributed by atoms with Gasteiger partial charge in [-0.2, -0.15) is 0 Å². The highest BCUT2D eigenvalue weighted by molar-refractivity contribution is 5.80. The number of Topliss-reactive ketones (excluding diaryl/α,β-unsaturated/α-hetero) is 1. The van der Waals surface area contributed by atoms with Crippen LogP contribution in [0.4, 0.5) is 0 Å². The van der Waals surface area contributed by atoms with E-state index >= 15 is 0 Å². The van der Waals surface area contributed by atoms with Crippen LogP contribution in [0, 0.1) is 5.92 Å². The predicted molar refractivity (Wildman–Crippen MR) is 49.5 cm³/mol. The highest BCUT2D eigenvalue weighted by Gasteiger charge is 2.28. The zero-order valence-electron chi connectivity index (χ0n) is 7.82. The smallest absolute Gasteiger partial charge is 0.133 e.